The number of amides is 1. The summed E-state index contributed by atoms with van der Waals surface area (Å²) in [5.74, 6) is -0.0305. The number of carbonyl (C=O) groups is 2. The second kappa shape index (κ2) is 9.83. The molecule has 1 atom stereocenters. The van der Waals surface area contributed by atoms with Crippen LogP contribution in [0.3, 0.4) is 0 Å². The minimum atomic E-state index is -0.756. The topological polar surface area (TPSA) is 83.2 Å². The number of ketones is 1. The van der Waals surface area contributed by atoms with Gasteiger partial charge >= 0.3 is 0 Å². The Morgan fingerprint density at radius 2 is 1.90 bits per heavy atom. The summed E-state index contributed by atoms with van der Waals surface area (Å²) in [6, 6.07) is 9.52. The number of carbonyl (C=O) groups excluding carboxylic acids is 2. The summed E-state index contributed by atoms with van der Waals surface area (Å²) in [5, 5.41) is 11.0. The third kappa shape index (κ3) is 5.17. The first-order chi connectivity index (χ1) is 14.8. The lowest BCUT2D eigenvalue weighted by Gasteiger charge is -2.24. The quantitative estimate of drug-likeness (QED) is 0.374. The average molecular weight is 427 g/mol. The number of benzene rings is 1. The van der Waals surface area contributed by atoms with Crippen LogP contribution in [-0.2, 0) is 9.59 Å². The first-order valence-electron chi connectivity index (χ1n) is 10.5. The van der Waals surface area contributed by atoms with Crippen LogP contribution >= 0.6 is 0 Å². The highest BCUT2D eigenvalue weighted by molar-refractivity contribution is 6.46. The van der Waals surface area contributed by atoms with Gasteiger partial charge in [0.05, 0.1) is 18.4 Å². The Bertz CT molecular complexity index is 929. The van der Waals surface area contributed by atoms with Crippen LogP contribution in [0.25, 0.3) is 5.76 Å². The number of likely N-dealkylation sites (tertiary alicyclic amines) is 1. The van der Waals surface area contributed by atoms with E-state index in [9.17, 15) is 14.7 Å². The molecule has 1 amide bonds. The van der Waals surface area contributed by atoms with E-state index in [0.717, 1.165) is 6.54 Å². The van der Waals surface area contributed by atoms with Gasteiger partial charge in [-0.25, -0.2) is 0 Å². The van der Waals surface area contributed by atoms with E-state index in [-0.39, 0.29) is 11.3 Å². The lowest BCUT2D eigenvalue weighted by Crippen LogP contribution is -2.32. The second-order valence-electron chi connectivity index (χ2n) is 8.39. The van der Waals surface area contributed by atoms with E-state index in [0.29, 0.717) is 42.6 Å². The fourth-order valence-electron chi connectivity index (χ4n) is 3.54. The van der Waals surface area contributed by atoms with Gasteiger partial charge in [-0.15, -0.1) is 0 Å². The van der Waals surface area contributed by atoms with E-state index in [1.807, 2.05) is 19.0 Å². The van der Waals surface area contributed by atoms with E-state index in [1.54, 1.807) is 36.4 Å². The van der Waals surface area contributed by atoms with Crippen molar-refractivity contribution >= 4 is 17.4 Å². The monoisotopic (exact) mass is 426 g/mol. The van der Waals surface area contributed by atoms with Gasteiger partial charge in [-0.3, -0.25) is 9.59 Å². The molecule has 0 aliphatic carbocycles. The van der Waals surface area contributed by atoms with Crippen molar-refractivity contribution in [2.24, 2.45) is 5.92 Å². The molecule has 1 aromatic heterocycles. The molecule has 0 bridgehead atoms. The summed E-state index contributed by atoms with van der Waals surface area (Å²) < 4.78 is 11.2. The Labute approximate surface area is 182 Å². The normalized spacial score (nSPS) is 18.4. The Balaban J connectivity index is 1.93. The van der Waals surface area contributed by atoms with Gasteiger partial charge in [-0.05, 0) is 69.4 Å². The van der Waals surface area contributed by atoms with Crippen molar-refractivity contribution in [2.45, 2.75) is 26.3 Å². The molecule has 1 unspecified atom stereocenters. The van der Waals surface area contributed by atoms with Gasteiger partial charge in [0, 0.05) is 12.1 Å². The highest BCUT2D eigenvalue weighted by atomic mass is 16.5. The largest absolute Gasteiger partial charge is 0.507 e. The number of aliphatic hydroxyl groups is 1. The number of nitrogens with zero attached hydrogens (tertiary/aromatic N) is 2. The number of furan rings is 1. The molecule has 1 N–H and O–H groups in total. The molecule has 2 aromatic rings. The van der Waals surface area contributed by atoms with Crippen LogP contribution in [0.1, 0.15) is 37.6 Å². The highest BCUT2D eigenvalue weighted by Crippen LogP contribution is 2.39. The average Bonchev–Trinajstić information content (AvgIpc) is 3.34. The van der Waals surface area contributed by atoms with E-state index in [2.05, 4.69) is 13.8 Å². The molecule has 3 rings (SSSR count). The number of rotatable bonds is 9. The molecule has 0 spiro atoms. The van der Waals surface area contributed by atoms with Crippen molar-refractivity contribution in [1.29, 1.82) is 0 Å². The van der Waals surface area contributed by atoms with Gasteiger partial charge in [-0.1, -0.05) is 13.8 Å². The minimum Gasteiger partial charge on any atom is -0.507 e. The maximum absolute atomic E-state index is 12.9. The summed E-state index contributed by atoms with van der Waals surface area (Å²) >= 11 is 0. The molecule has 1 aromatic carbocycles. The Hall–Kier alpha value is -3.06. The molecule has 2 heterocycles. The number of Topliss-reactive ketones (excluding diaryl/α,β-unsaturated/α-hetero) is 1. The number of ether oxygens (including phenoxy) is 1. The van der Waals surface area contributed by atoms with E-state index >= 15 is 0 Å². The zero-order valence-corrected chi connectivity index (χ0v) is 18.5. The zero-order valence-electron chi connectivity index (χ0n) is 18.5. The predicted molar refractivity (Wildman–Crippen MR) is 118 cm³/mol. The molecule has 1 aliphatic heterocycles. The van der Waals surface area contributed by atoms with Crippen molar-refractivity contribution in [3.05, 3.63) is 59.6 Å². The standard InChI is InChI=1S/C24H30N2O5/c1-16(2)15-31-18-10-8-17(9-11-18)22(27)20-21(19-7-5-14-30-19)26(24(29)23(20)28)13-6-12-25(3)4/h5,7-11,14,16,21,27H,6,12-13,15H2,1-4H3/b22-20-. The maximum atomic E-state index is 12.9. The summed E-state index contributed by atoms with van der Waals surface area (Å²) in [7, 11) is 3.90. The molecule has 1 aliphatic rings. The van der Waals surface area contributed by atoms with Crippen molar-refractivity contribution in [3.8, 4) is 5.75 Å². The van der Waals surface area contributed by atoms with Crippen LogP contribution < -0.4 is 4.74 Å². The van der Waals surface area contributed by atoms with Crippen LogP contribution in [0.15, 0.2) is 52.7 Å². The maximum Gasteiger partial charge on any atom is 0.295 e. The molecule has 1 saturated heterocycles. The lowest BCUT2D eigenvalue weighted by molar-refractivity contribution is -0.140. The van der Waals surface area contributed by atoms with E-state index in [1.165, 1.54) is 11.2 Å². The molecule has 0 saturated carbocycles. The smallest absolute Gasteiger partial charge is 0.295 e. The second-order valence-corrected chi connectivity index (χ2v) is 8.39. The Morgan fingerprint density at radius 3 is 2.48 bits per heavy atom. The van der Waals surface area contributed by atoms with Crippen LogP contribution in [0.4, 0.5) is 0 Å². The third-order valence-corrected chi connectivity index (χ3v) is 5.07. The van der Waals surface area contributed by atoms with Gasteiger partial charge in [0.25, 0.3) is 11.7 Å². The van der Waals surface area contributed by atoms with Gasteiger partial charge in [0.15, 0.2) is 0 Å². The van der Waals surface area contributed by atoms with E-state index in [4.69, 9.17) is 9.15 Å². The summed E-state index contributed by atoms with van der Waals surface area (Å²) in [6.45, 7) is 5.86. The first kappa shape index (κ1) is 22.6. The van der Waals surface area contributed by atoms with Gasteiger partial charge < -0.3 is 24.1 Å². The minimum absolute atomic E-state index is 0.0423. The van der Waals surface area contributed by atoms with Crippen molar-refractivity contribution in [2.75, 3.05) is 33.8 Å². The fourth-order valence-corrected chi connectivity index (χ4v) is 3.54. The van der Waals surface area contributed by atoms with Crippen LogP contribution in [-0.4, -0.2) is 60.4 Å². The molecule has 0 radical (unpaired) electrons. The Morgan fingerprint density at radius 1 is 1.19 bits per heavy atom. The van der Waals surface area contributed by atoms with Gasteiger partial charge in [0.2, 0.25) is 0 Å². The molecule has 7 heteroatoms. The SMILES string of the molecule is CC(C)COc1ccc(/C(O)=C2/C(=O)C(=O)N(CCCN(C)C)C2c2ccco2)cc1. The molecule has 166 valence electrons. The van der Waals surface area contributed by atoms with Crippen LogP contribution in [0.5, 0.6) is 5.75 Å². The molecule has 7 nitrogen and oxygen atoms in total. The van der Waals surface area contributed by atoms with Crippen molar-refractivity contribution in [1.82, 2.24) is 9.80 Å². The number of aliphatic hydroxyl groups excluding tert-OH is 1. The van der Waals surface area contributed by atoms with Gasteiger partial charge in [-0.2, -0.15) is 0 Å². The molecule has 1 fully saturated rings. The molecular weight excluding hydrogens is 396 g/mol. The highest BCUT2D eigenvalue weighted by Gasteiger charge is 2.47. The molecule has 31 heavy (non-hydrogen) atoms. The van der Waals surface area contributed by atoms with E-state index < -0.39 is 17.7 Å². The van der Waals surface area contributed by atoms with Crippen LogP contribution in [0.2, 0.25) is 0 Å². The predicted octanol–water partition coefficient (Wildman–Crippen LogP) is 3.69. The van der Waals surface area contributed by atoms with Crippen molar-refractivity contribution in [3.63, 3.8) is 0 Å². The third-order valence-electron chi connectivity index (χ3n) is 5.07. The number of hydrogen-bond donors (Lipinski definition) is 1. The summed E-state index contributed by atoms with van der Waals surface area (Å²) in [5.41, 5.74) is 0.486. The summed E-state index contributed by atoms with van der Waals surface area (Å²) in [4.78, 5) is 29.2. The first-order valence-corrected chi connectivity index (χ1v) is 10.5. The zero-order chi connectivity index (χ0) is 22.5. The number of hydrogen-bond acceptors (Lipinski definition) is 6. The summed E-state index contributed by atoms with van der Waals surface area (Å²) in [6.07, 6.45) is 2.19. The van der Waals surface area contributed by atoms with Crippen LogP contribution in [0, 0.1) is 5.92 Å². The fraction of sp³-hybridized carbons (Fsp3) is 0.417. The van der Waals surface area contributed by atoms with Crippen molar-refractivity contribution < 1.29 is 23.8 Å². The van der Waals surface area contributed by atoms with Gasteiger partial charge in [0.1, 0.15) is 23.3 Å². The lowest BCUT2D eigenvalue weighted by atomic mass is 9.99. The Kier molecular flexibility index (Phi) is 7.17. The molecular formula is C24H30N2O5.